The monoisotopic (exact) mass is 526 g/mol. The lowest BCUT2D eigenvalue weighted by Gasteiger charge is -2.34. The average Bonchev–Trinajstić information content (AvgIpc) is 3.08. The number of amides is 2. The van der Waals surface area contributed by atoms with E-state index in [4.69, 9.17) is 15.2 Å². The lowest BCUT2D eigenvalue weighted by atomic mass is 9.91. The summed E-state index contributed by atoms with van der Waals surface area (Å²) in [5, 5.41) is 2.71. The van der Waals surface area contributed by atoms with E-state index in [1.807, 2.05) is 29.2 Å². The van der Waals surface area contributed by atoms with Gasteiger partial charge >= 0.3 is 6.09 Å². The van der Waals surface area contributed by atoms with Gasteiger partial charge < -0.3 is 24.7 Å². The predicted molar refractivity (Wildman–Crippen MR) is 152 cm³/mol. The van der Waals surface area contributed by atoms with Crippen LogP contribution in [0.2, 0.25) is 0 Å². The number of rotatable bonds is 11. The first-order valence-corrected chi connectivity index (χ1v) is 13.9. The van der Waals surface area contributed by atoms with Gasteiger partial charge in [-0.1, -0.05) is 12.1 Å². The Morgan fingerprint density at radius 3 is 2.50 bits per heavy atom. The molecule has 2 amide bonds. The molecule has 1 aliphatic heterocycles. The molecule has 3 rings (SSSR count). The summed E-state index contributed by atoms with van der Waals surface area (Å²) in [6, 6.07) is 7.25. The molecule has 8 heteroatoms. The fraction of sp³-hybridized carbons (Fsp3) is 0.600. The van der Waals surface area contributed by atoms with Crippen LogP contribution in [-0.4, -0.2) is 60.4 Å². The van der Waals surface area contributed by atoms with E-state index in [0.29, 0.717) is 24.4 Å². The number of likely N-dealkylation sites (tertiary alicyclic amines) is 1. The predicted octanol–water partition coefficient (Wildman–Crippen LogP) is 5.07. The summed E-state index contributed by atoms with van der Waals surface area (Å²) >= 11 is 0. The van der Waals surface area contributed by atoms with Crippen LogP contribution >= 0.6 is 0 Å². The largest absolute Gasteiger partial charge is 0.447 e. The minimum absolute atomic E-state index is 0.125. The van der Waals surface area contributed by atoms with E-state index in [-0.39, 0.29) is 18.1 Å². The fourth-order valence-corrected chi connectivity index (χ4v) is 5.47. The lowest BCUT2D eigenvalue weighted by molar-refractivity contribution is -0.132. The molecule has 38 heavy (non-hydrogen) atoms. The molecule has 2 atom stereocenters. The molecule has 1 aromatic heterocycles. The summed E-state index contributed by atoms with van der Waals surface area (Å²) in [6.45, 7) is 13.4. The zero-order valence-corrected chi connectivity index (χ0v) is 24.0. The zero-order chi connectivity index (χ0) is 27.8. The van der Waals surface area contributed by atoms with Crippen LogP contribution < -0.4 is 11.1 Å². The first-order chi connectivity index (χ1) is 18.1. The molecule has 8 nitrogen and oxygen atoms in total. The summed E-state index contributed by atoms with van der Waals surface area (Å²) in [5.74, 6) is 0.460. The number of nitrogens with zero attached hydrogens (tertiary/aromatic N) is 2. The van der Waals surface area contributed by atoms with E-state index < -0.39 is 6.09 Å². The second-order valence-electron chi connectivity index (χ2n) is 10.8. The Bertz CT molecular complexity index is 1080. The molecule has 3 N–H and O–H groups in total. The Morgan fingerprint density at radius 1 is 1.13 bits per heavy atom. The molecule has 2 heterocycles. The van der Waals surface area contributed by atoms with Crippen molar-refractivity contribution in [3.8, 4) is 0 Å². The van der Waals surface area contributed by atoms with Crippen molar-refractivity contribution < 1.29 is 19.1 Å². The van der Waals surface area contributed by atoms with Crippen molar-refractivity contribution in [2.45, 2.75) is 91.3 Å². The second-order valence-corrected chi connectivity index (χ2v) is 10.8. The Labute approximate surface area is 227 Å². The van der Waals surface area contributed by atoms with Crippen LogP contribution in [0.4, 0.5) is 10.5 Å². The number of benzene rings is 1. The topological polar surface area (TPSA) is 98.8 Å². The summed E-state index contributed by atoms with van der Waals surface area (Å²) in [7, 11) is 1.74. The maximum absolute atomic E-state index is 13.3. The van der Waals surface area contributed by atoms with E-state index in [2.05, 4.69) is 30.7 Å². The number of carbonyl (C=O) groups excluding carboxylic acids is 2. The Balaban J connectivity index is 1.58. The van der Waals surface area contributed by atoms with E-state index in [1.54, 1.807) is 21.0 Å². The molecular weight excluding hydrogens is 480 g/mol. The number of hydrogen-bond donors (Lipinski definition) is 2. The maximum atomic E-state index is 13.3. The normalized spacial score (nSPS) is 16.5. The van der Waals surface area contributed by atoms with Gasteiger partial charge in [-0.05, 0) is 89.1 Å². The van der Waals surface area contributed by atoms with Crippen LogP contribution in [0.3, 0.4) is 0 Å². The van der Waals surface area contributed by atoms with Gasteiger partial charge in [-0.15, -0.1) is 0 Å². The highest BCUT2D eigenvalue weighted by Crippen LogP contribution is 2.34. The van der Waals surface area contributed by atoms with Crippen LogP contribution in [-0.2, 0) is 27.2 Å². The number of nitrogens with two attached hydrogens (primary N) is 1. The molecule has 1 fully saturated rings. The summed E-state index contributed by atoms with van der Waals surface area (Å²) in [6.07, 6.45) is 3.33. The molecule has 0 aliphatic carbocycles. The second kappa shape index (κ2) is 13.8. The van der Waals surface area contributed by atoms with Crippen molar-refractivity contribution in [1.82, 2.24) is 9.47 Å². The van der Waals surface area contributed by atoms with Crippen LogP contribution in [0.5, 0.6) is 0 Å². The first kappa shape index (κ1) is 29.7. The number of hydrogen-bond acceptors (Lipinski definition) is 5. The SMILES string of the molecule is COCCCn1c(C)c(C)c(C)c1C1CCCN(C(=O)C[C@H](N)Cc2ccc(NC(=O)OC(C)C)cc2)C1. The van der Waals surface area contributed by atoms with Gasteiger partial charge in [-0.3, -0.25) is 10.1 Å². The lowest BCUT2D eigenvalue weighted by Crippen LogP contribution is -2.42. The zero-order valence-electron chi connectivity index (χ0n) is 24.0. The molecular formula is C30H46N4O4. The standard InChI is InChI=1S/C30H46N4O4/c1-20(2)38-30(36)32-27-12-10-24(11-13-27)17-26(31)18-28(35)33-14-7-9-25(19-33)29-22(4)21(3)23(5)34(29)15-8-16-37-6/h10-13,20,25-26H,7-9,14-19,31H2,1-6H3,(H,32,36)/t25?,26-/m1/s1. The van der Waals surface area contributed by atoms with E-state index in [9.17, 15) is 9.59 Å². The van der Waals surface area contributed by atoms with Crippen LogP contribution in [0.15, 0.2) is 24.3 Å². The Kier molecular flexibility index (Phi) is 10.8. The van der Waals surface area contributed by atoms with Gasteiger partial charge in [0.2, 0.25) is 5.91 Å². The minimum Gasteiger partial charge on any atom is -0.447 e. The van der Waals surface area contributed by atoms with Gasteiger partial charge in [-0.2, -0.15) is 0 Å². The third kappa shape index (κ3) is 7.84. The summed E-state index contributed by atoms with van der Waals surface area (Å²) < 4.78 is 12.9. The molecule has 1 aliphatic rings. The Hall–Kier alpha value is -2.84. The van der Waals surface area contributed by atoms with Crippen molar-refractivity contribution in [2.75, 3.05) is 32.1 Å². The minimum atomic E-state index is -0.474. The first-order valence-electron chi connectivity index (χ1n) is 13.9. The quantitative estimate of drug-likeness (QED) is 0.398. The van der Waals surface area contributed by atoms with E-state index in [0.717, 1.165) is 51.1 Å². The van der Waals surface area contributed by atoms with E-state index in [1.165, 1.54) is 22.5 Å². The summed E-state index contributed by atoms with van der Waals surface area (Å²) in [4.78, 5) is 27.0. The van der Waals surface area contributed by atoms with E-state index >= 15 is 0 Å². The van der Waals surface area contributed by atoms with Crippen LogP contribution in [0.25, 0.3) is 0 Å². The van der Waals surface area contributed by atoms with Crippen LogP contribution in [0.1, 0.15) is 73.5 Å². The average molecular weight is 527 g/mol. The molecule has 1 unspecified atom stereocenters. The van der Waals surface area contributed by atoms with Crippen molar-refractivity contribution in [2.24, 2.45) is 5.73 Å². The van der Waals surface area contributed by atoms with Crippen molar-refractivity contribution >= 4 is 17.7 Å². The van der Waals surface area contributed by atoms with Crippen LogP contribution in [0, 0.1) is 20.8 Å². The number of aromatic nitrogens is 1. The van der Waals surface area contributed by atoms with Crippen molar-refractivity contribution in [3.05, 3.63) is 52.3 Å². The summed E-state index contributed by atoms with van der Waals surface area (Å²) in [5.41, 5.74) is 13.5. The molecule has 0 saturated carbocycles. The molecule has 1 saturated heterocycles. The highest BCUT2D eigenvalue weighted by atomic mass is 16.6. The van der Waals surface area contributed by atoms with Gasteiger partial charge in [0.1, 0.15) is 0 Å². The van der Waals surface area contributed by atoms with Gasteiger partial charge in [0.25, 0.3) is 0 Å². The molecule has 0 spiro atoms. The number of methoxy groups -OCH3 is 1. The van der Waals surface area contributed by atoms with Crippen molar-refractivity contribution in [1.29, 1.82) is 0 Å². The highest BCUT2D eigenvalue weighted by molar-refractivity contribution is 5.84. The molecule has 0 bridgehead atoms. The number of carbonyl (C=O) groups is 2. The fourth-order valence-electron chi connectivity index (χ4n) is 5.47. The van der Waals surface area contributed by atoms with Gasteiger partial charge in [0.15, 0.2) is 0 Å². The molecule has 1 aromatic carbocycles. The molecule has 0 radical (unpaired) electrons. The number of anilines is 1. The third-order valence-electron chi connectivity index (χ3n) is 7.55. The number of nitrogens with one attached hydrogen (secondary N) is 1. The number of piperidine rings is 1. The van der Waals surface area contributed by atoms with Gasteiger partial charge in [0, 0.05) is 68.8 Å². The maximum Gasteiger partial charge on any atom is 0.411 e. The molecule has 210 valence electrons. The van der Waals surface area contributed by atoms with Gasteiger partial charge in [0.05, 0.1) is 6.10 Å². The highest BCUT2D eigenvalue weighted by Gasteiger charge is 2.30. The Morgan fingerprint density at radius 2 is 1.84 bits per heavy atom. The number of ether oxygens (including phenoxy) is 2. The third-order valence-corrected chi connectivity index (χ3v) is 7.55. The molecule has 2 aromatic rings. The smallest absolute Gasteiger partial charge is 0.411 e. The van der Waals surface area contributed by atoms with Crippen molar-refractivity contribution in [3.63, 3.8) is 0 Å². The van der Waals surface area contributed by atoms with Gasteiger partial charge in [-0.25, -0.2) is 4.79 Å².